The van der Waals surface area contributed by atoms with Crippen LogP contribution in [0.25, 0.3) is 0 Å². The van der Waals surface area contributed by atoms with Gasteiger partial charge in [-0.15, -0.1) is 5.70 Å². The van der Waals surface area contributed by atoms with Crippen molar-refractivity contribution >= 4 is 10.2 Å². The summed E-state index contributed by atoms with van der Waals surface area (Å²) < 4.78 is 0. The van der Waals surface area contributed by atoms with Gasteiger partial charge in [0.05, 0.1) is 10.2 Å². The Bertz CT molecular complexity index is 91.6. The Morgan fingerprint density at radius 3 is 2.33 bits per heavy atom. The third kappa shape index (κ3) is 7.92. The van der Waals surface area contributed by atoms with Crippen molar-refractivity contribution in [1.82, 2.24) is 5.32 Å². The predicted molar refractivity (Wildman–Crippen MR) is 42.6 cm³/mol. The van der Waals surface area contributed by atoms with E-state index >= 15 is 0 Å². The molecule has 2 heteroatoms. The topological polar surface area (TPSA) is 12.0 Å². The summed E-state index contributed by atoms with van der Waals surface area (Å²) in [5, 5.41) is 3.30. The van der Waals surface area contributed by atoms with Gasteiger partial charge in [0.15, 0.2) is 0 Å². The molecule has 1 N–H and O–H groups in total. The van der Waals surface area contributed by atoms with Gasteiger partial charge in [-0.2, -0.15) is 0 Å². The van der Waals surface area contributed by atoms with Crippen LogP contribution in [0.5, 0.6) is 0 Å². The predicted octanol–water partition coefficient (Wildman–Crippen LogP) is 1.06. The Kier molecular flexibility index (Phi) is 3.82. The van der Waals surface area contributed by atoms with E-state index in [-0.39, 0.29) is 5.54 Å². The van der Waals surface area contributed by atoms with Crippen LogP contribution in [0.4, 0.5) is 0 Å². The van der Waals surface area contributed by atoms with Gasteiger partial charge in [-0.25, -0.2) is 0 Å². The van der Waals surface area contributed by atoms with Crippen LogP contribution in [-0.4, -0.2) is 22.3 Å². The Morgan fingerprint density at radius 2 is 2.00 bits per heavy atom. The monoisotopic (exact) mass is 140 g/mol. The van der Waals surface area contributed by atoms with Crippen LogP contribution in [0, 0.1) is 0 Å². The lowest BCUT2D eigenvalue weighted by molar-refractivity contribution is 0.449. The van der Waals surface area contributed by atoms with Gasteiger partial charge in [0.2, 0.25) is 0 Å². The van der Waals surface area contributed by atoms with Crippen LogP contribution >= 0.6 is 0 Å². The highest BCUT2D eigenvalue weighted by molar-refractivity contribution is 6.16. The average molecular weight is 140 g/mol. The lowest BCUT2D eigenvalue weighted by atomic mass is 10.1. The van der Waals surface area contributed by atoms with E-state index in [0.717, 1.165) is 6.54 Å². The summed E-state index contributed by atoms with van der Waals surface area (Å²) in [6.07, 6.45) is 2.03. The molecule has 0 saturated carbocycles. The summed E-state index contributed by atoms with van der Waals surface area (Å²) >= 11 is 0. The number of hydrogen-bond acceptors (Lipinski definition) is 1. The highest BCUT2D eigenvalue weighted by Crippen LogP contribution is 1.96. The van der Waals surface area contributed by atoms with E-state index in [1.54, 1.807) is 0 Å². The van der Waals surface area contributed by atoms with E-state index in [0.29, 0.717) is 0 Å². The van der Waals surface area contributed by atoms with Crippen LogP contribution < -0.4 is 5.32 Å². The van der Waals surface area contributed by atoms with Gasteiger partial charge in [-0.1, -0.05) is 6.08 Å². The van der Waals surface area contributed by atoms with Crippen LogP contribution in [0.15, 0.2) is 11.8 Å². The van der Waals surface area contributed by atoms with Crippen molar-refractivity contribution < 1.29 is 0 Å². The van der Waals surface area contributed by atoms with Gasteiger partial charge in [0.1, 0.15) is 0 Å². The standard InChI is InChI=1S/C7H14NSi/c1-7(2,3)8-5-4-6-9/h4,6,8H,5H2,1-3H3. The maximum atomic E-state index is 3.30. The third-order valence-electron chi connectivity index (χ3n) is 0.868. The SMILES string of the molecule is CC(C)(C)NCC=C[Si]. The molecule has 0 aromatic rings. The summed E-state index contributed by atoms with van der Waals surface area (Å²) in [4.78, 5) is 0. The van der Waals surface area contributed by atoms with Gasteiger partial charge >= 0.3 is 0 Å². The molecule has 0 unspecified atom stereocenters. The van der Waals surface area contributed by atoms with Gasteiger partial charge in [-0.3, -0.25) is 0 Å². The minimum atomic E-state index is 0.228. The van der Waals surface area contributed by atoms with Crippen molar-refractivity contribution in [3.63, 3.8) is 0 Å². The second-order valence-corrected chi connectivity index (χ2v) is 3.37. The van der Waals surface area contributed by atoms with Crippen molar-refractivity contribution in [3.05, 3.63) is 11.8 Å². The molecule has 3 radical (unpaired) electrons. The van der Waals surface area contributed by atoms with Crippen molar-refractivity contribution in [2.24, 2.45) is 0 Å². The fraction of sp³-hybridized carbons (Fsp3) is 0.714. The normalized spacial score (nSPS) is 12.9. The second-order valence-electron chi connectivity index (χ2n) is 3.03. The first-order valence-corrected chi connectivity index (χ1v) is 3.71. The first-order chi connectivity index (χ1) is 4.06. The fourth-order valence-corrected chi connectivity index (χ4v) is 0.542. The van der Waals surface area contributed by atoms with E-state index in [1.165, 1.54) is 0 Å². The van der Waals surface area contributed by atoms with Crippen molar-refractivity contribution in [2.45, 2.75) is 26.3 Å². The Hall–Kier alpha value is -0.0831. The first-order valence-electron chi connectivity index (χ1n) is 3.13. The largest absolute Gasteiger partial charge is 0.309 e. The molecule has 0 saturated heterocycles. The van der Waals surface area contributed by atoms with Crippen LogP contribution in [0.3, 0.4) is 0 Å². The van der Waals surface area contributed by atoms with Crippen LogP contribution in [0.2, 0.25) is 0 Å². The molecule has 0 aliphatic rings. The average Bonchev–Trinajstić information content (AvgIpc) is 1.63. The maximum Gasteiger partial charge on any atom is 0.0596 e. The molecule has 0 bridgehead atoms. The van der Waals surface area contributed by atoms with Crippen molar-refractivity contribution in [1.29, 1.82) is 0 Å². The molecule has 0 heterocycles. The molecule has 0 aromatic heterocycles. The smallest absolute Gasteiger partial charge is 0.0596 e. The van der Waals surface area contributed by atoms with E-state index in [1.807, 2.05) is 11.8 Å². The molecule has 0 fully saturated rings. The molecule has 9 heavy (non-hydrogen) atoms. The number of rotatable bonds is 2. The van der Waals surface area contributed by atoms with Gasteiger partial charge in [0, 0.05) is 12.1 Å². The van der Waals surface area contributed by atoms with Gasteiger partial charge in [-0.05, 0) is 20.8 Å². The van der Waals surface area contributed by atoms with E-state index in [4.69, 9.17) is 0 Å². The van der Waals surface area contributed by atoms with E-state index in [2.05, 4.69) is 36.3 Å². The first kappa shape index (κ1) is 8.92. The van der Waals surface area contributed by atoms with E-state index < -0.39 is 0 Å². The Balaban J connectivity index is 3.28. The maximum absolute atomic E-state index is 3.30. The van der Waals surface area contributed by atoms with Gasteiger partial charge in [0.25, 0.3) is 0 Å². The van der Waals surface area contributed by atoms with Crippen LogP contribution in [0.1, 0.15) is 20.8 Å². The van der Waals surface area contributed by atoms with Gasteiger partial charge < -0.3 is 5.32 Å². The zero-order valence-corrected chi connectivity index (χ0v) is 7.36. The molecule has 51 valence electrons. The molecule has 0 aliphatic heterocycles. The minimum Gasteiger partial charge on any atom is -0.309 e. The second kappa shape index (κ2) is 3.85. The number of hydrogen-bond donors (Lipinski definition) is 1. The quantitative estimate of drug-likeness (QED) is 0.565. The zero-order valence-electron chi connectivity index (χ0n) is 6.36. The molecule has 1 nitrogen and oxygen atoms in total. The molecule has 0 rings (SSSR count). The van der Waals surface area contributed by atoms with Crippen LogP contribution in [-0.2, 0) is 0 Å². The fourth-order valence-electron chi connectivity index (χ4n) is 0.424. The van der Waals surface area contributed by atoms with Crippen molar-refractivity contribution in [2.75, 3.05) is 6.54 Å². The minimum absolute atomic E-state index is 0.228. The Morgan fingerprint density at radius 1 is 1.44 bits per heavy atom. The van der Waals surface area contributed by atoms with Crippen molar-refractivity contribution in [3.8, 4) is 0 Å². The molecular weight excluding hydrogens is 126 g/mol. The molecule has 0 aliphatic carbocycles. The molecule has 0 spiro atoms. The molecule has 0 amide bonds. The number of nitrogens with one attached hydrogen (secondary N) is 1. The highest BCUT2D eigenvalue weighted by atomic mass is 28.1. The summed E-state index contributed by atoms with van der Waals surface area (Å²) in [7, 11) is 3.24. The zero-order chi connectivity index (χ0) is 7.33. The third-order valence-corrected chi connectivity index (χ3v) is 1.10. The summed E-state index contributed by atoms with van der Waals surface area (Å²) in [5.74, 6) is 0. The molecule has 0 atom stereocenters. The lowest BCUT2D eigenvalue weighted by Crippen LogP contribution is -2.35. The summed E-state index contributed by atoms with van der Waals surface area (Å²) in [5.41, 5.74) is 2.09. The highest BCUT2D eigenvalue weighted by Gasteiger charge is 2.05. The molecule has 0 aromatic carbocycles. The summed E-state index contributed by atoms with van der Waals surface area (Å²) in [6, 6.07) is 0. The Labute approximate surface area is 61.0 Å². The van der Waals surface area contributed by atoms with E-state index in [9.17, 15) is 0 Å². The lowest BCUT2D eigenvalue weighted by Gasteiger charge is -2.18. The summed E-state index contributed by atoms with van der Waals surface area (Å²) in [6.45, 7) is 7.37. The molecular formula is C7H14NSi.